The van der Waals surface area contributed by atoms with Gasteiger partial charge in [-0.3, -0.25) is 0 Å². The van der Waals surface area contributed by atoms with Gasteiger partial charge in [0.1, 0.15) is 17.2 Å². The van der Waals surface area contributed by atoms with Crippen molar-refractivity contribution in [3.63, 3.8) is 0 Å². The molecule has 0 aliphatic rings. The second kappa shape index (κ2) is 5.51. The molecule has 0 unspecified atom stereocenters. The number of nitrogens with two attached hydrogens (primary N) is 1. The molecule has 104 valence electrons. The molecule has 4 nitrogen and oxygen atoms in total. The highest BCUT2D eigenvalue weighted by atomic mass is 16.3. The summed E-state index contributed by atoms with van der Waals surface area (Å²) >= 11 is 0. The summed E-state index contributed by atoms with van der Waals surface area (Å²) in [5.74, 6) is 1.98. The molecule has 2 aromatic heterocycles. The van der Waals surface area contributed by atoms with E-state index in [9.17, 15) is 0 Å². The lowest BCUT2D eigenvalue weighted by molar-refractivity contribution is 0.541. The number of rotatable bonds is 5. The number of furan rings is 1. The topological polar surface area (TPSA) is 57.0 Å². The molecule has 0 amide bonds. The first-order chi connectivity index (χ1) is 9.83. The fraction of sp³-hybridized carbons (Fsp3) is 0.312. The molecular weight excluding hydrogens is 250 g/mol. The van der Waals surface area contributed by atoms with Crippen LogP contribution >= 0.6 is 0 Å². The van der Waals surface area contributed by atoms with E-state index in [0.717, 1.165) is 41.9 Å². The maximum Gasteiger partial charge on any atom is 0.134 e. The maximum absolute atomic E-state index is 5.84. The number of hydrogen-bond donors (Lipinski definition) is 1. The van der Waals surface area contributed by atoms with Crippen LogP contribution in [0.5, 0.6) is 0 Å². The van der Waals surface area contributed by atoms with Crippen LogP contribution in [-0.4, -0.2) is 9.55 Å². The van der Waals surface area contributed by atoms with Gasteiger partial charge in [-0.1, -0.05) is 25.1 Å². The number of fused-ring (bicyclic) bond motifs is 1. The van der Waals surface area contributed by atoms with Gasteiger partial charge in [-0.05, 0) is 12.5 Å². The van der Waals surface area contributed by atoms with Crippen molar-refractivity contribution in [1.82, 2.24) is 9.55 Å². The van der Waals surface area contributed by atoms with Crippen LogP contribution in [0.4, 0.5) is 0 Å². The molecule has 3 rings (SSSR count). The lowest BCUT2D eigenvalue weighted by Crippen LogP contribution is -2.07. The molecule has 4 heteroatoms. The third-order valence-corrected chi connectivity index (χ3v) is 3.57. The van der Waals surface area contributed by atoms with Crippen molar-refractivity contribution in [2.75, 3.05) is 0 Å². The molecule has 0 fully saturated rings. The molecule has 0 bridgehead atoms. The quantitative estimate of drug-likeness (QED) is 0.774. The van der Waals surface area contributed by atoms with E-state index >= 15 is 0 Å². The number of nitrogens with zero attached hydrogens (tertiary/aromatic N) is 2. The summed E-state index contributed by atoms with van der Waals surface area (Å²) < 4.78 is 8.02. The number of imidazole rings is 1. The SMILES string of the molecule is CCCc1nccn1Cc1c(CN)oc2ccccc12. The Kier molecular flexibility index (Phi) is 3.56. The van der Waals surface area contributed by atoms with Gasteiger partial charge >= 0.3 is 0 Å². The Bertz CT molecular complexity index is 711. The van der Waals surface area contributed by atoms with Gasteiger partial charge in [-0.25, -0.2) is 4.98 Å². The van der Waals surface area contributed by atoms with Crippen LogP contribution in [0.3, 0.4) is 0 Å². The van der Waals surface area contributed by atoms with Gasteiger partial charge in [0, 0.05) is 29.8 Å². The highest BCUT2D eigenvalue weighted by molar-refractivity contribution is 5.82. The van der Waals surface area contributed by atoms with Gasteiger partial charge in [-0.2, -0.15) is 0 Å². The van der Waals surface area contributed by atoms with E-state index in [2.05, 4.69) is 22.5 Å². The first-order valence-electron chi connectivity index (χ1n) is 7.02. The summed E-state index contributed by atoms with van der Waals surface area (Å²) in [6.07, 6.45) is 5.95. The van der Waals surface area contributed by atoms with E-state index in [-0.39, 0.29) is 0 Å². The van der Waals surface area contributed by atoms with Crippen molar-refractivity contribution in [2.24, 2.45) is 5.73 Å². The van der Waals surface area contributed by atoms with Crippen molar-refractivity contribution in [1.29, 1.82) is 0 Å². The second-order valence-corrected chi connectivity index (χ2v) is 4.93. The Morgan fingerprint density at radius 1 is 1.30 bits per heavy atom. The molecule has 1 aromatic carbocycles. The standard InChI is InChI=1S/C16H19N3O/c1-2-5-16-18-8-9-19(16)11-13-12-6-3-4-7-14(12)20-15(13)10-17/h3-4,6-9H,2,5,10-11,17H2,1H3. The highest BCUT2D eigenvalue weighted by Gasteiger charge is 2.14. The lowest BCUT2D eigenvalue weighted by Gasteiger charge is -2.07. The van der Waals surface area contributed by atoms with Gasteiger partial charge in [0.25, 0.3) is 0 Å². The Hall–Kier alpha value is -2.07. The molecule has 0 atom stereocenters. The predicted octanol–water partition coefficient (Wildman–Crippen LogP) is 3.09. The summed E-state index contributed by atoms with van der Waals surface area (Å²) in [6.45, 7) is 3.35. The Morgan fingerprint density at radius 2 is 2.15 bits per heavy atom. The van der Waals surface area contributed by atoms with E-state index in [1.807, 2.05) is 30.6 Å². The Morgan fingerprint density at radius 3 is 2.95 bits per heavy atom. The van der Waals surface area contributed by atoms with Gasteiger partial charge in [0.2, 0.25) is 0 Å². The van der Waals surface area contributed by atoms with Crippen molar-refractivity contribution in [3.05, 3.63) is 53.8 Å². The molecule has 0 aliphatic carbocycles. The number of aromatic nitrogens is 2. The van der Waals surface area contributed by atoms with E-state index in [4.69, 9.17) is 10.2 Å². The van der Waals surface area contributed by atoms with Crippen molar-refractivity contribution >= 4 is 11.0 Å². The van der Waals surface area contributed by atoms with Gasteiger partial charge in [0.15, 0.2) is 0 Å². The lowest BCUT2D eigenvalue weighted by atomic mass is 10.1. The monoisotopic (exact) mass is 269 g/mol. The average Bonchev–Trinajstić information content (AvgIpc) is 3.05. The van der Waals surface area contributed by atoms with Crippen LogP contribution in [-0.2, 0) is 19.5 Å². The molecule has 3 aromatic rings. The van der Waals surface area contributed by atoms with Crippen LogP contribution in [0.15, 0.2) is 41.1 Å². The molecule has 20 heavy (non-hydrogen) atoms. The summed E-state index contributed by atoms with van der Waals surface area (Å²) in [7, 11) is 0. The number of benzene rings is 1. The van der Waals surface area contributed by atoms with Crippen molar-refractivity contribution < 1.29 is 4.42 Å². The van der Waals surface area contributed by atoms with Gasteiger partial charge in [0.05, 0.1) is 13.1 Å². The van der Waals surface area contributed by atoms with Crippen LogP contribution < -0.4 is 5.73 Å². The van der Waals surface area contributed by atoms with Gasteiger partial charge < -0.3 is 14.7 Å². The van der Waals surface area contributed by atoms with Crippen LogP contribution in [0.2, 0.25) is 0 Å². The minimum absolute atomic E-state index is 0.418. The highest BCUT2D eigenvalue weighted by Crippen LogP contribution is 2.26. The number of aryl methyl sites for hydroxylation is 1. The molecular formula is C16H19N3O. The summed E-state index contributed by atoms with van der Waals surface area (Å²) in [5, 5.41) is 1.14. The summed E-state index contributed by atoms with van der Waals surface area (Å²) in [6, 6.07) is 8.08. The zero-order chi connectivity index (χ0) is 13.9. The van der Waals surface area contributed by atoms with Crippen molar-refractivity contribution in [3.8, 4) is 0 Å². The van der Waals surface area contributed by atoms with Crippen LogP contribution in [0, 0.1) is 0 Å². The second-order valence-electron chi connectivity index (χ2n) is 4.93. The smallest absolute Gasteiger partial charge is 0.134 e. The van der Waals surface area contributed by atoms with Crippen LogP contribution in [0.1, 0.15) is 30.5 Å². The maximum atomic E-state index is 5.84. The first-order valence-corrected chi connectivity index (χ1v) is 7.02. The minimum Gasteiger partial charge on any atom is -0.459 e. The van der Waals surface area contributed by atoms with E-state index in [1.54, 1.807) is 0 Å². The van der Waals surface area contributed by atoms with E-state index in [1.165, 1.54) is 5.56 Å². The molecule has 0 saturated carbocycles. The molecule has 2 heterocycles. The molecule has 2 N–H and O–H groups in total. The van der Waals surface area contributed by atoms with Gasteiger partial charge in [-0.15, -0.1) is 0 Å². The third kappa shape index (κ3) is 2.23. The normalized spacial score (nSPS) is 11.3. The Labute approximate surface area is 118 Å². The molecule has 0 saturated heterocycles. The summed E-state index contributed by atoms with van der Waals surface area (Å²) in [4.78, 5) is 4.42. The zero-order valence-corrected chi connectivity index (χ0v) is 11.7. The van der Waals surface area contributed by atoms with Crippen LogP contribution in [0.25, 0.3) is 11.0 Å². The van der Waals surface area contributed by atoms with Crippen molar-refractivity contribution in [2.45, 2.75) is 32.9 Å². The van der Waals surface area contributed by atoms with E-state index in [0.29, 0.717) is 6.54 Å². The van der Waals surface area contributed by atoms with E-state index < -0.39 is 0 Å². The minimum atomic E-state index is 0.418. The fourth-order valence-electron chi connectivity index (χ4n) is 2.59. The average molecular weight is 269 g/mol. The zero-order valence-electron chi connectivity index (χ0n) is 11.7. The molecule has 0 aliphatic heterocycles. The third-order valence-electron chi connectivity index (χ3n) is 3.57. The summed E-state index contributed by atoms with van der Waals surface area (Å²) in [5.41, 5.74) is 7.89. The number of hydrogen-bond acceptors (Lipinski definition) is 3. The number of para-hydroxylation sites is 1. The fourth-order valence-corrected chi connectivity index (χ4v) is 2.59. The predicted molar refractivity (Wildman–Crippen MR) is 79.4 cm³/mol. The molecule has 0 spiro atoms. The molecule has 0 radical (unpaired) electrons. The Balaban J connectivity index is 2.03. The first kappa shape index (κ1) is 12.9. The largest absolute Gasteiger partial charge is 0.459 e.